The van der Waals surface area contributed by atoms with Crippen molar-refractivity contribution in [3.05, 3.63) is 0 Å². The molecule has 0 bridgehead atoms. The van der Waals surface area contributed by atoms with E-state index < -0.39 is 0 Å². The highest BCUT2D eigenvalue weighted by molar-refractivity contribution is 4.84. The van der Waals surface area contributed by atoms with Crippen molar-refractivity contribution in [2.45, 2.75) is 58.0 Å². The summed E-state index contributed by atoms with van der Waals surface area (Å²) < 4.78 is 5.17. The van der Waals surface area contributed by atoms with Crippen LogP contribution in [0.1, 0.15) is 46.0 Å². The van der Waals surface area contributed by atoms with E-state index in [0.29, 0.717) is 6.04 Å². The van der Waals surface area contributed by atoms with Crippen LogP contribution in [0.3, 0.4) is 0 Å². The number of nitrogens with zero attached hydrogens (tertiary/aromatic N) is 1. The van der Waals surface area contributed by atoms with Crippen molar-refractivity contribution in [3.63, 3.8) is 0 Å². The second kappa shape index (κ2) is 8.90. The van der Waals surface area contributed by atoms with Crippen LogP contribution in [-0.4, -0.2) is 50.3 Å². The third-order valence-electron chi connectivity index (χ3n) is 3.32. The van der Waals surface area contributed by atoms with Crippen molar-refractivity contribution in [2.24, 2.45) is 0 Å². The Balaban J connectivity index is 1.95. The Morgan fingerprint density at radius 1 is 1.18 bits per heavy atom. The molecule has 3 heteroatoms. The van der Waals surface area contributed by atoms with E-state index in [-0.39, 0.29) is 0 Å². The third kappa shape index (κ3) is 7.74. The zero-order valence-electron chi connectivity index (χ0n) is 11.9. The molecular formula is C14H30N2O. The van der Waals surface area contributed by atoms with Crippen molar-refractivity contribution in [1.29, 1.82) is 0 Å². The second-order valence-electron chi connectivity index (χ2n) is 5.43. The number of nitrogens with one attached hydrogen (secondary N) is 1. The molecule has 0 aromatic heterocycles. The molecule has 0 spiro atoms. The predicted molar refractivity (Wildman–Crippen MR) is 73.5 cm³/mol. The van der Waals surface area contributed by atoms with Gasteiger partial charge in [0.25, 0.3) is 0 Å². The molecular weight excluding hydrogens is 212 g/mol. The molecule has 0 unspecified atom stereocenters. The van der Waals surface area contributed by atoms with Crippen LogP contribution in [0, 0.1) is 0 Å². The van der Waals surface area contributed by atoms with Crippen molar-refractivity contribution in [1.82, 2.24) is 10.2 Å². The molecule has 1 aliphatic rings. The number of hydrogen-bond acceptors (Lipinski definition) is 3. The van der Waals surface area contributed by atoms with Crippen molar-refractivity contribution >= 4 is 0 Å². The monoisotopic (exact) mass is 242 g/mol. The molecule has 0 saturated heterocycles. The molecule has 0 heterocycles. The molecule has 3 nitrogen and oxygen atoms in total. The zero-order chi connectivity index (χ0) is 12.5. The van der Waals surface area contributed by atoms with Crippen LogP contribution in [-0.2, 0) is 4.74 Å². The molecule has 1 aliphatic carbocycles. The van der Waals surface area contributed by atoms with E-state index in [1.807, 2.05) is 0 Å². The lowest BCUT2D eigenvalue weighted by Crippen LogP contribution is -2.30. The Labute approximate surface area is 107 Å². The van der Waals surface area contributed by atoms with Gasteiger partial charge in [0.15, 0.2) is 0 Å². The van der Waals surface area contributed by atoms with Gasteiger partial charge in [0.05, 0.1) is 6.61 Å². The van der Waals surface area contributed by atoms with Gasteiger partial charge in [-0.15, -0.1) is 0 Å². The van der Waals surface area contributed by atoms with E-state index in [9.17, 15) is 0 Å². The number of rotatable bonds is 11. The van der Waals surface area contributed by atoms with E-state index in [0.717, 1.165) is 19.2 Å². The molecule has 1 saturated carbocycles. The minimum atomic E-state index is 0.625. The molecule has 102 valence electrons. The molecule has 0 aliphatic heterocycles. The fourth-order valence-corrected chi connectivity index (χ4v) is 2.13. The highest BCUT2D eigenvalue weighted by Crippen LogP contribution is 2.26. The van der Waals surface area contributed by atoms with Gasteiger partial charge in [-0.2, -0.15) is 0 Å². The maximum absolute atomic E-state index is 5.17. The summed E-state index contributed by atoms with van der Waals surface area (Å²) in [5, 5.41) is 3.47. The summed E-state index contributed by atoms with van der Waals surface area (Å²) in [6, 6.07) is 1.50. The van der Waals surface area contributed by atoms with Crippen molar-refractivity contribution in [3.8, 4) is 0 Å². The SMILES string of the molecule is COCCN(CCCCCNC(C)C)C1CC1. The molecule has 1 rings (SSSR count). The second-order valence-corrected chi connectivity index (χ2v) is 5.43. The van der Waals surface area contributed by atoms with Gasteiger partial charge in [-0.3, -0.25) is 4.90 Å². The summed E-state index contributed by atoms with van der Waals surface area (Å²) in [5.41, 5.74) is 0. The molecule has 17 heavy (non-hydrogen) atoms. The van der Waals surface area contributed by atoms with E-state index >= 15 is 0 Å². The Kier molecular flexibility index (Phi) is 7.82. The van der Waals surface area contributed by atoms with E-state index in [1.54, 1.807) is 7.11 Å². The van der Waals surface area contributed by atoms with Gasteiger partial charge >= 0.3 is 0 Å². The van der Waals surface area contributed by atoms with Crippen LogP contribution < -0.4 is 5.32 Å². The summed E-state index contributed by atoms with van der Waals surface area (Å²) in [6.45, 7) is 8.84. The van der Waals surface area contributed by atoms with Gasteiger partial charge in [0.1, 0.15) is 0 Å². The first-order valence-electron chi connectivity index (χ1n) is 7.20. The number of hydrogen-bond donors (Lipinski definition) is 1. The van der Waals surface area contributed by atoms with Crippen LogP contribution >= 0.6 is 0 Å². The van der Waals surface area contributed by atoms with Crippen molar-refractivity contribution in [2.75, 3.05) is 33.4 Å². The Bertz CT molecular complexity index is 181. The van der Waals surface area contributed by atoms with Gasteiger partial charge in [-0.05, 0) is 38.8 Å². The van der Waals surface area contributed by atoms with Gasteiger partial charge in [0.2, 0.25) is 0 Å². The van der Waals surface area contributed by atoms with Gasteiger partial charge in [0, 0.05) is 25.7 Å². The molecule has 1 N–H and O–H groups in total. The standard InChI is InChI=1S/C14H30N2O/c1-13(2)15-9-5-4-6-10-16(11-12-17-3)14-7-8-14/h13-15H,4-12H2,1-3H3. The normalized spacial score (nSPS) is 16.1. The number of ether oxygens (including phenoxy) is 1. The minimum Gasteiger partial charge on any atom is -0.383 e. The highest BCUT2D eigenvalue weighted by atomic mass is 16.5. The van der Waals surface area contributed by atoms with Crippen LogP contribution in [0.4, 0.5) is 0 Å². The van der Waals surface area contributed by atoms with Crippen LogP contribution in [0.25, 0.3) is 0 Å². The highest BCUT2D eigenvalue weighted by Gasteiger charge is 2.27. The first kappa shape index (κ1) is 14.9. The topological polar surface area (TPSA) is 24.5 Å². The molecule has 0 aromatic carbocycles. The maximum atomic E-state index is 5.17. The van der Waals surface area contributed by atoms with E-state index in [4.69, 9.17) is 4.74 Å². The average Bonchev–Trinajstić information content (AvgIpc) is 3.10. The zero-order valence-corrected chi connectivity index (χ0v) is 11.9. The smallest absolute Gasteiger partial charge is 0.0589 e. The summed E-state index contributed by atoms with van der Waals surface area (Å²) in [4.78, 5) is 2.61. The summed E-state index contributed by atoms with van der Waals surface area (Å²) in [5.74, 6) is 0. The largest absolute Gasteiger partial charge is 0.383 e. The fourth-order valence-electron chi connectivity index (χ4n) is 2.13. The number of unbranched alkanes of at least 4 members (excludes halogenated alkanes) is 2. The maximum Gasteiger partial charge on any atom is 0.0589 e. The van der Waals surface area contributed by atoms with Crippen molar-refractivity contribution < 1.29 is 4.74 Å². The van der Waals surface area contributed by atoms with Gasteiger partial charge in [-0.1, -0.05) is 20.3 Å². The Morgan fingerprint density at radius 3 is 2.53 bits per heavy atom. The molecule has 0 atom stereocenters. The lowest BCUT2D eigenvalue weighted by Gasteiger charge is -2.21. The third-order valence-corrected chi connectivity index (χ3v) is 3.32. The first-order chi connectivity index (χ1) is 8.24. The van der Waals surface area contributed by atoms with Gasteiger partial charge < -0.3 is 10.1 Å². The van der Waals surface area contributed by atoms with E-state index in [1.165, 1.54) is 45.2 Å². The molecule has 0 amide bonds. The van der Waals surface area contributed by atoms with Crippen LogP contribution in [0.2, 0.25) is 0 Å². The van der Waals surface area contributed by atoms with Gasteiger partial charge in [-0.25, -0.2) is 0 Å². The average molecular weight is 242 g/mol. The Morgan fingerprint density at radius 2 is 1.94 bits per heavy atom. The Hall–Kier alpha value is -0.120. The van der Waals surface area contributed by atoms with E-state index in [2.05, 4.69) is 24.1 Å². The predicted octanol–water partition coefficient (Wildman–Crippen LogP) is 2.27. The number of methoxy groups -OCH3 is 1. The van der Waals surface area contributed by atoms with Crippen LogP contribution in [0.5, 0.6) is 0 Å². The minimum absolute atomic E-state index is 0.625. The first-order valence-corrected chi connectivity index (χ1v) is 7.20. The summed E-state index contributed by atoms with van der Waals surface area (Å²) >= 11 is 0. The lowest BCUT2D eigenvalue weighted by atomic mass is 10.2. The quantitative estimate of drug-likeness (QED) is 0.563. The lowest BCUT2D eigenvalue weighted by molar-refractivity contribution is 0.142. The molecule has 0 radical (unpaired) electrons. The summed E-state index contributed by atoms with van der Waals surface area (Å²) in [7, 11) is 1.79. The fraction of sp³-hybridized carbons (Fsp3) is 1.00. The molecule has 0 aromatic rings. The molecule has 1 fully saturated rings. The van der Waals surface area contributed by atoms with Crippen LogP contribution in [0.15, 0.2) is 0 Å². The summed E-state index contributed by atoms with van der Waals surface area (Å²) in [6.07, 6.45) is 6.79.